The van der Waals surface area contributed by atoms with Gasteiger partial charge in [-0.25, -0.2) is 4.98 Å². The van der Waals surface area contributed by atoms with Crippen molar-refractivity contribution in [2.75, 3.05) is 0 Å². The minimum absolute atomic E-state index is 0.665. The molecule has 1 nitrogen and oxygen atoms in total. The van der Waals surface area contributed by atoms with Crippen LogP contribution in [-0.2, 0) is 11.8 Å². The Balaban J connectivity index is 2.93. The highest BCUT2D eigenvalue weighted by molar-refractivity contribution is 9.08. The number of aromatic nitrogens is 1. The van der Waals surface area contributed by atoms with Crippen LogP contribution in [0.4, 0.5) is 0 Å². The van der Waals surface area contributed by atoms with Crippen molar-refractivity contribution in [2.45, 2.75) is 51.3 Å². The molecule has 0 aliphatic carbocycles. The van der Waals surface area contributed by atoms with Crippen molar-refractivity contribution in [1.29, 1.82) is 0 Å². The highest BCUT2D eigenvalue weighted by atomic mass is 79.9. The zero-order valence-corrected chi connectivity index (χ0v) is 11.5. The summed E-state index contributed by atoms with van der Waals surface area (Å²) in [6.07, 6.45) is 3.46. The van der Waals surface area contributed by atoms with Gasteiger partial charge in [0.15, 0.2) is 0 Å². The summed E-state index contributed by atoms with van der Waals surface area (Å²) in [7, 11) is 0. The first-order chi connectivity index (χ1) is 6.76. The summed E-state index contributed by atoms with van der Waals surface area (Å²) in [6.45, 7) is 6.67. The van der Waals surface area contributed by atoms with Crippen molar-refractivity contribution in [1.82, 2.24) is 4.98 Å². The molecular weight excluding hydrogens is 258 g/mol. The fourth-order valence-electron chi connectivity index (χ4n) is 1.60. The van der Waals surface area contributed by atoms with Crippen LogP contribution in [-0.4, -0.2) is 4.98 Å². The minimum atomic E-state index is 0.665. The van der Waals surface area contributed by atoms with Gasteiger partial charge in [-0.2, -0.15) is 0 Å². The molecule has 80 valence electrons. The number of rotatable bonds is 5. The number of hydrogen-bond acceptors (Lipinski definition) is 2. The van der Waals surface area contributed by atoms with Crippen molar-refractivity contribution in [2.24, 2.45) is 0 Å². The van der Waals surface area contributed by atoms with Crippen LogP contribution in [0.2, 0.25) is 0 Å². The molecule has 0 aliphatic rings. The quantitative estimate of drug-likeness (QED) is 0.721. The topological polar surface area (TPSA) is 12.9 Å². The van der Waals surface area contributed by atoms with Gasteiger partial charge >= 0.3 is 0 Å². The summed E-state index contributed by atoms with van der Waals surface area (Å²) >= 11 is 5.41. The van der Waals surface area contributed by atoms with E-state index in [-0.39, 0.29) is 0 Å². The molecule has 0 aromatic carbocycles. The molecule has 0 saturated carbocycles. The zero-order valence-electron chi connectivity index (χ0n) is 9.14. The van der Waals surface area contributed by atoms with Gasteiger partial charge in [-0.05, 0) is 19.3 Å². The lowest BCUT2D eigenvalue weighted by atomic mass is 10.1. The Morgan fingerprint density at radius 2 is 1.93 bits per heavy atom. The number of thiazole rings is 1. The van der Waals surface area contributed by atoms with Crippen LogP contribution < -0.4 is 0 Å². The fourth-order valence-corrected chi connectivity index (χ4v) is 3.53. The Labute approximate surface area is 99.1 Å². The Morgan fingerprint density at radius 1 is 1.29 bits per heavy atom. The molecule has 0 amide bonds. The average Bonchev–Trinajstić information content (AvgIpc) is 2.63. The Hall–Kier alpha value is 0.110. The molecule has 1 heterocycles. The van der Waals surface area contributed by atoms with E-state index in [2.05, 4.69) is 36.7 Å². The van der Waals surface area contributed by atoms with Crippen LogP contribution in [0.3, 0.4) is 0 Å². The van der Waals surface area contributed by atoms with Gasteiger partial charge < -0.3 is 0 Å². The first-order valence-corrected chi connectivity index (χ1v) is 7.24. The highest BCUT2D eigenvalue weighted by Crippen LogP contribution is 2.30. The SMILES string of the molecule is CCc1nc(C(CC)CC)sc1CBr. The van der Waals surface area contributed by atoms with Crippen LogP contribution in [0.5, 0.6) is 0 Å². The number of aryl methyl sites for hydroxylation is 1. The van der Waals surface area contributed by atoms with Gasteiger partial charge in [-0.15, -0.1) is 11.3 Å². The summed E-state index contributed by atoms with van der Waals surface area (Å²) in [6, 6.07) is 0. The van der Waals surface area contributed by atoms with E-state index in [1.54, 1.807) is 0 Å². The van der Waals surface area contributed by atoms with E-state index >= 15 is 0 Å². The van der Waals surface area contributed by atoms with E-state index in [1.165, 1.54) is 28.4 Å². The third-order valence-corrected chi connectivity index (χ3v) is 4.78. The maximum Gasteiger partial charge on any atom is 0.0962 e. The van der Waals surface area contributed by atoms with Crippen molar-refractivity contribution in [3.8, 4) is 0 Å². The maximum atomic E-state index is 4.73. The van der Waals surface area contributed by atoms with Gasteiger partial charge in [0.25, 0.3) is 0 Å². The molecule has 0 saturated heterocycles. The van der Waals surface area contributed by atoms with Crippen LogP contribution in [0.1, 0.15) is 55.1 Å². The fraction of sp³-hybridized carbons (Fsp3) is 0.727. The Morgan fingerprint density at radius 3 is 2.29 bits per heavy atom. The second kappa shape index (κ2) is 5.86. The molecule has 0 unspecified atom stereocenters. The van der Waals surface area contributed by atoms with Gasteiger partial charge in [-0.1, -0.05) is 36.7 Å². The lowest BCUT2D eigenvalue weighted by Gasteiger charge is -2.06. The third-order valence-electron chi connectivity index (χ3n) is 2.59. The first-order valence-electron chi connectivity index (χ1n) is 5.31. The lowest BCUT2D eigenvalue weighted by molar-refractivity contribution is 0.635. The normalized spacial score (nSPS) is 11.2. The third kappa shape index (κ3) is 2.57. The van der Waals surface area contributed by atoms with Crippen LogP contribution in [0, 0.1) is 0 Å². The number of halogens is 1. The van der Waals surface area contributed by atoms with E-state index in [0.29, 0.717) is 5.92 Å². The van der Waals surface area contributed by atoms with Gasteiger partial charge in [0, 0.05) is 16.1 Å². The zero-order chi connectivity index (χ0) is 10.6. The Kier molecular flexibility index (Phi) is 5.10. The van der Waals surface area contributed by atoms with Crippen LogP contribution in [0.15, 0.2) is 0 Å². The summed E-state index contributed by atoms with van der Waals surface area (Å²) in [5.74, 6) is 0.665. The molecule has 0 spiro atoms. The summed E-state index contributed by atoms with van der Waals surface area (Å²) in [5, 5.41) is 2.29. The highest BCUT2D eigenvalue weighted by Gasteiger charge is 2.14. The average molecular weight is 276 g/mol. The molecule has 0 fully saturated rings. The van der Waals surface area contributed by atoms with Gasteiger partial charge in [-0.3, -0.25) is 0 Å². The lowest BCUT2D eigenvalue weighted by Crippen LogP contribution is -1.94. The molecular formula is C11H18BrNS. The first kappa shape index (κ1) is 12.2. The predicted octanol–water partition coefficient (Wildman–Crippen LogP) is 4.50. The standard InChI is InChI=1S/C11H18BrNS/c1-4-8(5-2)11-13-9(6-3)10(7-12)14-11/h8H,4-7H2,1-3H3. The minimum Gasteiger partial charge on any atom is -0.246 e. The van der Waals surface area contributed by atoms with Gasteiger partial charge in [0.05, 0.1) is 10.7 Å². The number of nitrogens with zero attached hydrogens (tertiary/aromatic N) is 1. The smallest absolute Gasteiger partial charge is 0.0962 e. The van der Waals surface area contributed by atoms with E-state index < -0.39 is 0 Å². The van der Waals surface area contributed by atoms with Gasteiger partial charge in [0.1, 0.15) is 0 Å². The number of hydrogen-bond donors (Lipinski definition) is 0. The molecule has 0 bridgehead atoms. The van der Waals surface area contributed by atoms with Crippen molar-refractivity contribution < 1.29 is 0 Å². The molecule has 1 aromatic rings. The van der Waals surface area contributed by atoms with Crippen LogP contribution in [0.25, 0.3) is 0 Å². The van der Waals surface area contributed by atoms with Crippen molar-refractivity contribution in [3.63, 3.8) is 0 Å². The maximum absolute atomic E-state index is 4.73. The van der Waals surface area contributed by atoms with E-state index in [4.69, 9.17) is 4.98 Å². The van der Waals surface area contributed by atoms with Crippen molar-refractivity contribution in [3.05, 3.63) is 15.6 Å². The molecule has 1 rings (SSSR count). The largest absolute Gasteiger partial charge is 0.246 e. The molecule has 1 aromatic heterocycles. The summed E-state index contributed by atoms with van der Waals surface area (Å²) < 4.78 is 0. The second-order valence-electron chi connectivity index (χ2n) is 3.42. The van der Waals surface area contributed by atoms with E-state index in [1.807, 2.05) is 11.3 Å². The molecule has 0 aliphatic heterocycles. The molecule has 3 heteroatoms. The van der Waals surface area contributed by atoms with E-state index in [0.717, 1.165) is 11.8 Å². The molecule has 14 heavy (non-hydrogen) atoms. The van der Waals surface area contributed by atoms with E-state index in [9.17, 15) is 0 Å². The second-order valence-corrected chi connectivity index (χ2v) is 5.10. The molecule has 0 N–H and O–H groups in total. The van der Waals surface area contributed by atoms with Crippen LogP contribution >= 0.6 is 27.3 Å². The monoisotopic (exact) mass is 275 g/mol. The summed E-state index contributed by atoms with van der Waals surface area (Å²) in [5.41, 5.74) is 1.29. The molecule has 0 radical (unpaired) electrons. The van der Waals surface area contributed by atoms with Crippen molar-refractivity contribution >= 4 is 27.3 Å². The number of alkyl halides is 1. The summed E-state index contributed by atoms with van der Waals surface area (Å²) in [4.78, 5) is 6.14. The molecule has 0 atom stereocenters. The van der Waals surface area contributed by atoms with Gasteiger partial charge in [0.2, 0.25) is 0 Å². The Bertz CT molecular complexity index is 257. The predicted molar refractivity (Wildman–Crippen MR) is 67.4 cm³/mol.